The standard InChI is InChI=1S/C16H17F2N2O3Se/c1-4-23-8-19-14(10-5-11(17)7-12(18)6-10)13(9(2)3)15(21)20(24)16(19)22/h5-7,9H,4,8H2,1-3H3. The average molecular weight is 402 g/mol. The van der Waals surface area contributed by atoms with Gasteiger partial charge in [0.2, 0.25) is 0 Å². The number of hydrogen-bond acceptors (Lipinski definition) is 3. The predicted molar refractivity (Wildman–Crippen MR) is 87.2 cm³/mol. The Balaban J connectivity index is 2.93. The van der Waals surface area contributed by atoms with Crippen LogP contribution < -0.4 is 11.2 Å². The predicted octanol–water partition coefficient (Wildman–Crippen LogP) is 2.00. The molecule has 129 valence electrons. The van der Waals surface area contributed by atoms with Crippen molar-refractivity contribution < 1.29 is 13.5 Å². The van der Waals surface area contributed by atoms with E-state index in [0.29, 0.717) is 6.61 Å². The van der Waals surface area contributed by atoms with Crippen LogP contribution in [0.2, 0.25) is 0 Å². The van der Waals surface area contributed by atoms with Crippen LogP contribution in [0, 0.1) is 11.6 Å². The molecular formula is C16H17F2N2O3Se. The Labute approximate surface area is 145 Å². The summed E-state index contributed by atoms with van der Waals surface area (Å²) in [4.78, 5) is 25.0. The van der Waals surface area contributed by atoms with E-state index in [-0.39, 0.29) is 29.5 Å². The summed E-state index contributed by atoms with van der Waals surface area (Å²) in [5.74, 6) is -1.85. The Morgan fingerprint density at radius 1 is 1.17 bits per heavy atom. The molecule has 0 N–H and O–H groups in total. The molecule has 2 rings (SSSR count). The van der Waals surface area contributed by atoms with Crippen LogP contribution in [0.1, 0.15) is 32.3 Å². The van der Waals surface area contributed by atoms with Crippen LogP contribution in [0.4, 0.5) is 8.78 Å². The van der Waals surface area contributed by atoms with E-state index < -0.39 is 22.9 Å². The number of nitrogens with zero attached hydrogens (tertiary/aromatic N) is 2. The van der Waals surface area contributed by atoms with Gasteiger partial charge in [-0.1, -0.05) is 0 Å². The molecule has 0 spiro atoms. The number of aromatic nitrogens is 2. The van der Waals surface area contributed by atoms with Gasteiger partial charge in [-0.25, -0.2) is 0 Å². The zero-order chi connectivity index (χ0) is 18.0. The molecule has 0 aliphatic heterocycles. The van der Waals surface area contributed by atoms with E-state index in [0.717, 1.165) is 21.8 Å². The molecule has 1 aromatic heterocycles. The molecule has 0 aliphatic rings. The second kappa shape index (κ2) is 7.42. The van der Waals surface area contributed by atoms with Crippen LogP contribution >= 0.6 is 0 Å². The molecule has 0 amide bonds. The van der Waals surface area contributed by atoms with E-state index in [4.69, 9.17) is 4.74 Å². The van der Waals surface area contributed by atoms with Crippen LogP contribution in [-0.2, 0) is 11.5 Å². The van der Waals surface area contributed by atoms with Gasteiger partial charge in [-0.2, -0.15) is 0 Å². The number of ether oxygens (including phenoxy) is 1. The van der Waals surface area contributed by atoms with Gasteiger partial charge in [-0.15, -0.1) is 0 Å². The molecule has 0 fully saturated rings. The zero-order valence-electron chi connectivity index (χ0n) is 13.5. The Morgan fingerprint density at radius 3 is 2.25 bits per heavy atom. The SMILES string of the molecule is CCOCn1c(-c2cc(F)cc(F)c2)c(C(C)C)c(=O)n([Se])c1=O. The van der Waals surface area contributed by atoms with Gasteiger partial charge < -0.3 is 0 Å². The first-order chi connectivity index (χ1) is 11.3. The van der Waals surface area contributed by atoms with Crippen LogP contribution in [0.25, 0.3) is 11.3 Å². The summed E-state index contributed by atoms with van der Waals surface area (Å²) in [5.41, 5.74) is -0.637. The molecule has 24 heavy (non-hydrogen) atoms. The third-order valence-corrected chi connectivity index (χ3v) is 4.16. The van der Waals surface area contributed by atoms with E-state index in [1.807, 2.05) is 0 Å². The molecule has 0 unspecified atom stereocenters. The molecule has 0 bridgehead atoms. The summed E-state index contributed by atoms with van der Waals surface area (Å²) < 4.78 is 34.7. The van der Waals surface area contributed by atoms with E-state index in [9.17, 15) is 18.4 Å². The van der Waals surface area contributed by atoms with Crippen molar-refractivity contribution in [2.24, 2.45) is 0 Å². The summed E-state index contributed by atoms with van der Waals surface area (Å²) >= 11 is 2.42. The van der Waals surface area contributed by atoms with Crippen molar-refractivity contribution in [1.82, 2.24) is 8.15 Å². The number of halogens is 2. The van der Waals surface area contributed by atoms with Gasteiger partial charge in [0, 0.05) is 0 Å². The molecule has 0 saturated carbocycles. The van der Waals surface area contributed by atoms with Gasteiger partial charge in [0.25, 0.3) is 0 Å². The molecule has 2 aromatic rings. The maximum atomic E-state index is 13.7. The Bertz CT molecular complexity index is 855. The van der Waals surface area contributed by atoms with Crippen LogP contribution in [-0.4, -0.2) is 31.0 Å². The van der Waals surface area contributed by atoms with Crippen molar-refractivity contribution in [2.75, 3.05) is 6.61 Å². The second-order valence-corrected chi connectivity index (χ2v) is 6.27. The number of hydrogen-bond donors (Lipinski definition) is 0. The maximum absolute atomic E-state index is 13.7. The Morgan fingerprint density at radius 2 is 1.75 bits per heavy atom. The molecule has 0 saturated heterocycles. The fraction of sp³-hybridized carbons (Fsp3) is 0.375. The van der Waals surface area contributed by atoms with E-state index in [2.05, 4.69) is 16.2 Å². The monoisotopic (exact) mass is 403 g/mol. The van der Waals surface area contributed by atoms with Gasteiger partial charge in [-0.3, -0.25) is 0 Å². The molecule has 8 heteroatoms. The molecule has 5 nitrogen and oxygen atoms in total. The third-order valence-electron chi connectivity index (χ3n) is 3.48. The van der Waals surface area contributed by atoms with Gasteiger partial charge >= 0.3 is 145 Å². The molecule has 0 aliphatic carbocycles. The van der Waals surface area contributed by atoms with Crippen molar-refractivity contribution in [3.8, 4) is 11.3 Å². The minimum atomic E-state index is -0.789. The van der Waals surface area contributed by atoms with Gasteiger partial charge in [0.1, 0.15) is 0 Å². The van der Waals surface area contributed by atoms with E-state index >= 15 is 0 Å². The first kappa shape index (κ1) is 18.6. The summed E-state index contributed by atoms with van der Waals surface area (Å²) in [6.45, 7) is 5.50. The number of rotatable bonds is 5. The fourth-order valence-corrected chi connectivity index (χ4v) is 2.89. The van der Waals surface area contributed by atoms with Gasteiger partial charge in [0.15, 0.2) is 0 Å². The third kappa shape index (κ3) is 3.50. The first-order valence-electron chi connectivity index (χ1n) is 7.39. The van der Waals surface area contributed by atoms with E-state index in [1.165, 1.54) is 4.57 Å². The fourth-order valence-electron chi connectivity index (χ4n) is 2.47. The van der Waals surface area contributed by atoms with Crippen LogP contribution in [0.5, 0.6) is 0 Å². The average Bonchev–Trinajstić information content (AvgIpc) is 2.50. The van der Waals surface area contributed by atoms with Crippen molar-refractivity contribution >= 4 is 16.2 Å². The molecule has 1 aromatic carbocycles. The topological polar surface area (TPSA) is 53.2 Å². The molecular weight excluding hydrogens is 385 g/mol. The summed E-state index contributed by atoms with van der Waals surface area (Å²) in [7, 11) is 0. The van der Waals surface area contributed by atoms with Crippen LogP contribution in [0.3, 0.4) is 0 Å². The van der Waals surface area contributed by atoms with Crippen molar-refractivity contribution in [1.29, 1.82) is 0 Å². The van der Waals surface area contributed by atoms with Gasteiger partial charge in [-0.05, 0) is 0 Å². The number of benzene rings is 1. The summed E-state index contributed by atoms with van der Waals surface area (Å²) in [6.07, 6.45) is 0. The quantitative estimate of drug-likeness (QED) is 0.720. The first-order valence-corrected chi connectivity index (χ1v) is 8.16. The van der Waals surface area contributed by atoms with Gasteiger partial charge in [0.05, 0.1) is 0 Å². The van der Waals surface area contributed by atoms with Crippen molar-refractivity contribution in [3.63, 3.8) is 0 Å². The van der Waals surface area contributed by atoms with Crippen molar-refractivity contribution in [2.45, 2.75) is 33.4 Å². The molecule has 0 atom stereocenters. The normalized spacial score (nSPS) is 11.2. The van der Waals surface area contributed by atoms with Crippen molar-refractivity contribution in [3.05, 3.63) is 56.2 Å². The minimum absolute atomic E-state index is 0.116. The summed E-state index contributed by atoms with van der Waals surface area (Å²) in [5, 5.41) is 0. The Kier molecular flexibility index (Phi) is 5.74. The molecule has 1 radical (unpaired) electrons. The van der Waals surface area contributed by atoms with E-state index in [1.54, 1.807) is 20.8 Å². The Hall–Kier alpha value is -1.76. The van der Waals surface area contributed by atoms with Crippen LogP contribution in [0.15, 0.2) is 27.8 Å². The zero-order valence-corrected chi connectivity index (χ0v) is 15.2. The summed E-state index contributed by atoms with van der Waals surface area (Å²) in [6, 6.07) is 2.92. The second-order valence-electron chi connectivity index (χ2n) is 5.51. The molecule has 1 heterocycles.